The summed E-state index contributed by atoms with van der Waals surface area (Å²) in [4.78, 5) is 7.00. The monoisotopic (exact) mass is 221 g/mol. The van der Waals surface area contributed by atoms with Crippen LogP contribution >= 0.6 is 0 Å². The van der Waals surface area contributed by atoms with Crippen molar-refractivity contribution >= 4 is 0 Å². The summed E-state index contributed by atoms with van der Waals surface area (Å²) in [7, 11) is 2.25. The minimum atomic E-state index is 0.451. The summed E-state index contributed by atoms with van der Waals surface area (Å²) < 4.78 is 0. The fourth-order valence-corrected chi connectivity index (χ4v) is 3.21. The van der Waals surface area contributed by atoms with Gasteiger partial charge in [0.15, 0.2) is 5.82 Å². The lowest BCUT2D eigenvalue weighted by atomic mass is 9.90. The number of nitrogens with two attached hydrogens (primary N) is 1. The average molecular weight is 221 g/mol. The minimum Gasteiger partial charge on any atom is -0.324 e. The average Bonchev–Trinajstić information content (AvgIpc) is 2.82. The van der Waals surface area contributed by atoms with Gasteiger partial charge in [-0.1, -0.05) is 0 Å². The number of nitrogens with zero attached hydrogens (tertiary/aromatic N) is 3. The van der Waals surface area contributed by atoms with Gasteiger partial charge in [0.05, 0.1) is 6.54 Å². The van der Waals surface area contributed by atoms with Crippen LogP contribution in [0.3, 0.4) is 0 Å². The molecule has 2 saturated heterocycles. The lowest BCUT2D eigenvalue weighted by Gasteiger charge is -2.35. The van der Waals surface area contributed by atoms with Crippen molar-refractivity contribution in [2.24, 2.45) is 5.73 Å². The molecule has 88 valence electrons. The Kier molecular flexibility index (Phi) is 2.44. The molecule has 3 rings (SSSR count). The number of fused-ring (bicyclic) bond motifs is 2. The molecule has 5 heteroatoms. The smallest absolute Gasteiger partial charge is 0.153 e. The summed E-state index contributed by atoms with van der Waals surface area (Å²) in [6, 6.07) is 1.48. The topological polar surface area (TPSA) is 70.8 Å². The van der Waals surface area contributed by atoms with Crippen molar-refractivity contribution in [3.8, 4) is 0 Å². The number of aromatic nitrogens is 3. The highest BCUT2D eigenvalue weighted by molar-refractivity contribution is 5.06. The molecular formula is C11H19N5. The maximum absolute atomic E-state index is 5.54. The van der Waals surface area contributed by atoms with Crippen molar-refractivity contribution in [1.29, 1.82) is 0 Å². The van der Waals surface area contributed by atoms with Gasteiger partial charge in [0.2, 0.25) is 0 Å². The molecule has 3 N–H and O–H groups in total. The van der Waals surface area contributed by atoms with Gasteiger partial charge in [-0.2, -0.15) is 5.10 Å². The summed E-state index contributed by atoms with van der Waals surface area (Å²) in [6.45, 7) is 0.451. The Morgan fingerprint density at radius 1 is 1.38 bits per heavy atom. The standard InChI is InChI=1S/C11H19N5/c1-16-8-2-3-9(16)5-7(4-8)11-13-10(6-12)14-15-11/h7-9H,2-6,12H2,1H3,(H,13,14,15). The van der Waals surface area contributed by atoms with E-state index in [4.69, 9.17) is 5.73 Å². The Balaban J connectivity index is 1.77. The molecule has 2 aliphatic rings. The predicted molar refractivity (Wildman–Crippen MR) is 60.8 cm³/mol. The molecule has 0 aliphatic carbocycles. The van der Waals surface area contributed by atoms with Gasteiger partial charge in [-0.05, 0) is 32.7 Å². The van der Waals surface area contributed by atoms with Gasteiger partial charge in [0, 0.05) is 18.0 Å². The van der Waals surface area contributed by atoms with Gasteiger partial charge in [-0.3, -0.25) is 5.10 Å². The molecule has 16 heavy (non-hydrogen) atoms. The van der Waals surface area contributed by atoms with Crippen LogP contribution < -0.4 is 5.73 Å². The zero-order valence-electron chi connectivity index (χ0n) is 9.69. The number of nitrogens with one attached hydrogen (secondary N) is 1. The van der Waals surface area contributed by atoms with Crippen molar-refractivity contribution in [1.82, 2.24) is 20.1 Å². The zero-order chi connectivity index (χ0) is 11.1. The van der Waals surface area contributed by atoms with Crippen LogP contribution in [-0.2, 0) is 6.54 Å². The zero-order valence-corrected chi connectivity index (χ0v) is 9.69. The molecule has 1 aromatic heterocycles. The minimum absolute atomic E-state index is 0.451. The van der Waals surface area contributed by atoms with E-state index in [2.05, 4.69) is 27.1 Å². The van der Waals surface area contributed by atoms with E-state index in [1.807, 2.05) is 0 Å². The Morgan fingerprint density at radius 2 is 2.06 bits per heavy atom. The number of H-pyrrole nitrogens is 1. The number of hydrogen-bond donors (Lipinski definition) is 2. The van der Waals surface area contributed by atoms with Crippen LogP contribution in [0, 0.1) is 0 Å². The third kappa shape index (κ3) is 1.55. The molecule has 0 amide bonds. The van der Waals surface area contributed by atoms with Crippen LogP contribution in [0.2, 0.25) is 0 Å². The van der Waals surface area contributed by atoms with Crippen LogP contribution in [0.5, 0.6) is 0 Å². The molecule has 1 aromatic rings. The van der Waals surface area contributed by atoms with Crippen LogP contribution in [0.4, 0.5) is 0 Å². The van der Waals surface area contributed by atoms with E-state index < -0.39 is 0 Å². The van der Waals surface area contributed by atoms with Gasteiger partial charge in [-0.25, -0.2) is 4.98 Å². The number of piperidine rings is 1. The second kappa shape index (κ2) is 3.82. The van der Waals surface area contributed by atoms with Crippen molar-refractivity contribution in [2.75, 3.05) is 7.05 Å². The van der Waals surface area contributed by atoms with E-state index in [9.17, 15) is 0 Å². The molecule has 0 spiro atoms. The fourth-order valence-electron chi connectivity index (χ4n) is 3.21. The Morgan fingerprint density at radius 3 is 2.62 bits per heavy atom. The van der Waals surface area contributed by atoms with Crippen LogP contribution in [0.1, 0.15) is 43.3 Å². The van der Waals surface area contributed by atoms with Crippen LogP contribution in [0.25, 0.3) is 0 Å². The first-order chi connectivity index (χ1) is 7.78. The first-order valence-electron chi connectivity index (χ1n) is 6.11. The number of rotatable bonds is 2. The molecule has 2 bridgehead atoms. The van der Waals surface area contributed by atoms with E-state index in [0.29, 0.717) is 12.5 Å². The second-order valence-corrected chi connectivity index (χ2v) is 5.06. The van der Waals surface area contributed by atoms with E-state index in [-0.39, 0.29) is 0 Å². The molecule has 2 atom stereocenters. The quantitative estimate of drug-likeness (QED) is 0.767. The lowest BCUT2D eigenvalue weighted by molar-refractivity contribution is 0.159. The van der Waals surface area contributed by atoms with Crippen molar-refractivity contribution < 1.29 is 0 Å². The second-order valence-electron chi connectivity index (χ2n) is 5.06. The highest BCUT2D eigenvalue weighted by Crippen LogP contribution is 2.40. The molecule has 0 saturated carbocycles. The van der Waals surface area contributed by atoms with Gasteiger partial charge < -0.3 is 10.6 Å². The molecule has 2 aliphatic heterocycles. The van der Waals surface area contributed by atoms with Gasteiger partial charge in [-0.15, -0.1) is 0 Å². The summed E-state index contributed by atoms with van der Waals surface area (Å²) in [5, 5.41) is 7.21. The molecular weight excluding hydrogens is 202 g/mol. The first-order valence-corrected chi connectivity index (χ1v) is 6.11. The fraction of sp³-hybridized carbons (Fsp3) is 0.818. The molecule has 0 radical (unpaired) electrons. The summed E-state index contributed by atoms with van der Waals surface area (Å²) in [5.41, 5.74) is 5.54. The maximum atomic E-state index is 5.54. The third-order valence-electron chi connectivity index (χ3n) is 4.21. The number of hydrogen-bond acceptors (Lipinski definition) is 4. The maximum Gasteiger partial charge on any atom is 0.153 e. The Labute approximate surface area is 95.4 Å². The van der Waals surface area contributed by atoms with E-state index in [1.165, 1.54) is 25.7 Å². The largest absolute Gasteiger partial charge is 0.324 e. The number of aromatic amines is 1. The van der Waals surface area contributed by atoms with Gasteiger partial charge in [0.1, 0.15) is 5.82 Å². The Hall–Kier alpha value is -0.940. The van der Waals surface area contributed by atoms with Crippen LogP contribution in [-0.4, -0.2) is 39.2 Å². The summed E-state index contributed by atoms with van der Waals surface area (Å²) in [6.07, 6.45) is 5.08. The SMILES string of the molecule is CN1C2CCC1CC(c1n[nH]c(CN)n1)C2. The van der Waals surface area contributed by atoms with Crippen molar-refractivity contribution in [2.45, 2.75) is 50.2 Å². The molecule has 2 unspecified atom stereocenters. The molecule has 2 fully saturated rings. The van der Waals surface area contributed by atoms with Crippen molar-refractivity contribution in [3.05, 3.63) is 11.6 Å². The normalized spacial score (nSPS) is 34.5. The molecule has 0 aromatic carbocycles. The first kappa shape index (κ1) is 10.2. The summed E-state index contributed by atoms with van der Waals surface area (Å²) >= 11 is 0. The van der Waals surface area contributed by atoms with Gasteiger partial charge in [0.25, 0.3) is 0 Å². The highest BCUT2D eigenvalue weighted by Gasteiger charge is 2.40. The summed E-state index contributed by atoms with van der Waals surface area (Å²) in [5.74, 6) is 2.32. The highest BCUT2D eigenvalue weighted by atomic mass is 15.2. The predicted octanol–water partition coefficient (Wildman–Crippen LogP) is 0.604. The van der Waals surface area contributed by atoms with E-state index >= 15 is 0 Å². The van der Waals surface area contributed by atoms with E-state index in [1.54, 1.807) is 0 Å². The van der Waals surface area contributed by atoms with Crippen molar-refractivity contribution in [3.63, 3.8) is 0 Å². The molecule has 3 heterocycles. The van der Waals surface area contributed by atoms with Gasteiger partial charge >= 0.3 is 0 Å². The Bertz CT molecular complexity index is 360. The third-order valence-corrected chi connectivity index (χ3v) is 4.21. The molecule has 5 nitrogen and oxygen atoms in total. The lowest BCUT2D eigenvalue weighted by Crippen LogP contribution is -2.39. The van der Waals surface area contributed by atoms with E-state index in [0.717, 1.165) is 23.7 Å². The van der Waals surface area contributed by atoms with Crippen LogP contribution in [0.15, 0.2) is 0 Å².